The summed E-state index contributed by atoms with van der Waals surface area (Å²) in [5.41, 5.74) is 7.64. The zero-order chi connectivity index (χ0) is 11.2. The summed E-state index contributed by atoms with van der Waals surface area (Å²) >= 11 is 0. The number of aryl methyl sites for hydroxylation is 1. The van der Waals surface area contributed by atoms with Crippen LogP contribution in [0.1, 0.15) is 44.1 Å². The Kier molecular flexibility index (Phi) is 4.34. The molecule has 1 fully saturated rings. The zero-order valence-electron chi connectivity index (χ0n) is 9.94. The molecular formula is C14H22N2. The molecule has 1 heterocycles. The van der Waals surface area contributed by atoms with E-state index in [1.165, 1.54) is 37.7 Å². The highest BCUT2D eigenvalue weighted by Crippen LogP contribution is 2.27. The van der Waals surface area contributed by atoms with Gasteiger partial charge in [0.1, 0.15) is 0 Å². The van der Waals surface area contributed by atoms with Crippen LogP contribution in [0.4, 0.5) is 0 Å². The molecule has 2 rings (SSSR count). The minimum atomic E-state index is 0.397. The van der Waals surface area contributed by atoms with Gasteiger partial charge in [0.25, 0.3) is 0 Å². The average molecular weight is 218 g/mol. The number of hydrogen-bond donors (Lipinski definition) is 1. The third-order valence-electron chi connectivity index (χ3n) is 3.77. The van der Waals surface area contributed by atoms with Gasteiger partial charge >= 0.3 is 0 Å². The normalized spacial score (nSPS) is 19.6. The van der Waals surface area contributed by atoms with Crippen LogP contribution < -0.4 is 5.73 Å². The van der Waals surface area contributed by atoms with Gasteiger partial charge in [-0.15, -0.1) is 0 Å². The summed E-state index contributed by atoms with van der Waals surface area (Å²) in [7, 11) is 0. The van der Waals surface area contributed by atoms with Gasteiger partial charge in [0.05, 0.1) is 0 Å². The SMILES string of the molecule is NC(CCc1ccncc1)C1CCCCC1. The van der Waals surface area contributed by atoms with Gasteiger partial charge in [-0.05, 0) is 49.3 Å². The molecule has 1 aliphatic rings. The summed E-state index contributed by atoms with van der Waals surface area (Å²) in [4.78, 5) is 4.03. The van der Waals surface area contributed by atoms with E-state index >= 15 is 0 Å². The number of nitrogens with zero attached hydrogens (tertiary/aromatic N) is 1. The summed E-state index contributed by atoms with van der Waals surface area (Å²) in [6, 6.07) is 4.58. The van der Waals surface area contributed by atoms with E-state index in [9.17, 15) is 0 Å². The summed E-state index contributed by atoms with van der Waals surface area (Å²) in [5, 5.41) is 0. The molecule has 1 saturated carbocycles. The van der Waals surface area contributed by atoms with Crippen LogP contribution in [0.5, 0.6) is 0 Å². The highest BCUT2D eigenvalue weighted by molar-refractivity contribution is 5.09. The molecule has 16 heavy (non-hydrogen) atoms. The van der Waals surface area contributed by atoms with Gasteiger partial charge in [-0.3, -0.25) is 4.98 Å². The van der Waals surface area contributed by atoms with Crippen LogP contribution in [0, 0.1) is 5.92 Å². The van der Waals surface area contributed by atoms with Crippen molar-refractivity contribution in [2.75, 3.05) is 0 Å². The molecule has 0 bridgehead atoms. The van der Waals surface area contributed by atoms with Crippen LogP contribution in [-0.4, -0.2) is 11.0 Å². The lowest BCUT2D eigenvalue weighted by Crippen LogP contribution is -2.32. The number of pyridine rings is 1. The molecule has 0 radical (unpaired) electrons. The Morgan fingerprint density at radius 3 is 2.56 bits per heavy atom. The highest BCUT2D eigenvalue weighted by atomic mass is 14.6. The first kappa shape index (κ1) is 11.6. The Hall–Kier alpha value is -0.890. The maximum atomic E-state index is 6.28. The molecule has 1 aliphatic carbocycles. The van der Waals surface area contributed by atoms with Crippen molar-refractivity contribution in [1.82, 2.24) is 4.98 Å². The van der Waals surface area contributed by atoms with E-state index < -0.39 is 0 Å². The molecule has 0 aliphatic heterocycles. The molecule has 1 atom stereocenters. The Balaban J connectivity index is 1.76. The van der Waals surface area contributed by atoms with Gasteiger partial charge in [-0.1, -0.05) is 19.3 Å². The van der Waals surface area contributed by atoms with Crippen molar-refractivity contribution in [3.05, 3.63) is 30.1 Å². The summed E-state index contributed by atoms with van der Waals surface area (Å²) in [6.45, 7) is 0. The molecule has 1 aromatic rings. The van der Waals surface area contributed by atoms with Crippen LogP contribution in [0.25, 0.3) is 0 Å². The Labute approximate surface area is 98.3 Å². The fourth-order valence-electron chi connectivity index (χ4n) is 2.68. The van der Waals surface area contributed by atoms with E-state index in [4.69, 9.17) is 5.73 Å². The van der Waals surface area contributed by atoms with Gasteiger partial charge in [-0.25, -0.2) is 0 Å². The number of nitrogens with two attached hydrogens (primary N) is 1. The average Bonchev–Trinajstić information content (AvgIpc) is 2.38. The molecule has 1 aromatic heterocycles. The van der Waals surface area contributed by atoms with Crippen LogP contribution in [0.2, 0.25) is 0 Å². The first-order chi connectivity index (χ1) is 7.86. The molecule has 88 valence electrons. The van der Waals surface area contributed by atoms with Crippen molar-refractivity contribution < 1.29 is 0 Å². The third-order valence-corrected chi connectivity index (χ3v) is 3.77. The summed E-state index contributed by atoms with van der Waals surface area (Å²) < 4.78 is 0. The topological polar surface area (TPSA) is 38.9 Å². The van der Waals surface area contributed by atoms with Gasteiger partial charge in [-0.2, -0.15) is 0 Å². The standard InChI is InChI=1S/C14H22N2/c15-14(13-4-2-1-3-5-13)7-6-12-8-10-16-11-9-12/h8-11,13-14H,1-7,15H2. The minimum absolute atomic E-state index is 0.397. The van der Waals surface area contributed by atoms with Crippen LogP contribution in [0.15, 0.2) is 24.5 Å². The molecule has 2 N–H and O–H groups in total. The minimum Gasteiger partial charge on any atom is -0.327 e. The van der Waals surface area contributed by atoms with Crippen molar-refractivity contribution in [2.24, 2.45) is 11.7 Å². The van der Waals surface area contributed by atoms with Gasteiger partial charge < -0.3 is 5.73 Å². The lowest BCUT2D eigenvalue weighted by atomic mass is 9.82. The molecule has 2 heteroatoms. The van der Waals surface area contributed by atoms with Crippen molar-refractivity contribution in [3.8, 4) is 0 Å². The first-order valence-corrected chi connectivity index (χ1v) is 6.51. The van der Waals surface area contributed by atoms with Gasteiger partial charge in [0.15, 0.2) is 0 Å². The van der Waals surface area contributed by atoms with E-state index in [1.54, 1.807) is 0 Å². The van der Waals surface area contributed by atoms with Crippen molar-refractivity contribution in [1.29, 1.82) is 0 Å². The maximum Gasteiger partial charge on any atom is 0.0270 e. The van der Waals surface area contributed by atoms with Crippen LogP contribution >= 0.6 is 0 Å². The van der Waals surface area contributed by atoms with Crippen LogP contribution in [0.3, 0.4) is 0 Å². The van der Waals surface area contributed by atoms with Crippen molar-refractivity contribution >= 4 is 0 Å². The Bertz CT molecular complexity index is 291. The Morgan fingerprint density at radius 1 is 1.19 bits per heavy atom. The van der Waals surface area contributed by atoms with E-state index in [2.05, 4.69) is 17.1 Å². The van der Waals surface area contributed by atoms with E-state index in [0.29, 0.717) is 6.04 Å². The van der Waals surface area contributed by atoms with Gasteiger partial charge in [0, 0.05) is 18.4 Å². The van der Waals surface area contributed by atoms with Gasteiger partial charge in [0.2, 0.25) is 0 Å². The second-order valence-electron chi connectivity index (χ2n) is 4.96. The predicted octanol–water partition coefficient (Wildman–Crippen LogP) is 2.92. The largest absolute Gasteiger partial charge is 0.327 e. The molecule has 0 amide bonds. The summed E-state index contributed by atoms with van der Waals surface area (Å²) in [5.74, 6) is 0.774. The van der Waals surface area contributed by atoms with E-state index in [1.807, 2.05) is 12.4 Å². The molecule has 0 saturated heterocycles. The number of hydrogen-bond acceptors (Lipinski definition) is 2. The molecule has 1 unspecified atom stereocenters. The second-order valence-corrected chi connectivity index (χ2v) is 4.96. The monoisotopic (exact) mass is 218 g/mol. The van der Waals surface area contributed by atoms with Crippen LogP contribution in [-0.2, 0) is 6.42 Å². The zero-order valence-corrected chi connectivity index (χ0v) is 9.94. The molecule has 0 aromatic carbocycles. The molecular weight excluding hydrogens is 196 g/mol. The molecule has 0 spiro atoms. The lowest BCUT2D eigenvalue weighted by Gasteiger charge is -2.27. The fraction of sp³-hybridized carbons (Fsp3) is 0.643. The number of rotatable bonds is 4. The fourth-order valence-corrected chi connectivity index (χ4v) is 2.68. The van der Waals surface area contributed by atoms with E-state index in [-0.39, 0.29) is 0 Å². The maximum absolute atomic E-state index is 6.28. The predicted molar refractivity (Wildman–Crippen MR) is 67.1 cm³/mol. The lowest BCUT2D eigenvalue weighted by molar-refractivity contribution is 0.295. The van der Waals surface area contributed by atoms with E-state index in [0.717, 1.165) is 18.8 Å². The van der Waals surface area contributed by atoms with Crippen molar-refractivity contribution in [3.63, 3.8) is 0 Å². The quantitative estimate of drug-likeness (QED) is 0.844. The molecule has 2 nitrogen and oxygen atoms in total. The first-order valence-electron chi connectivity index (χ1n) is 6.51. The Morgan fingerprint density at radius 2 is 1.88 bits per heavy atom. The van der Waals surface area contributed by atoms with Crippen molar-refractivity contribution in [2.45, 2.75) is 51.0 Å². The highest BCUT2D eigenvalue weighted by Gasteiger charge is 2.19. The third kappa shape index (κ3) is 3.31. The second kappa shape index (κ2) is 6.00. The summed E-state index contributed by atoms with van der Waals surface area (Å²) in [6.07, 6.45) is 12.8. The number of aromatic nitrogens is 1. The smallest absolute Gasteiger partial charge is 0.0270 e.